The molecule has 0 aliphatic carbocycles. The molecule has 0 saturated carbocycles. The highest BCUT2D eigenvalue weighted by atomic mass is 79.9. The topological polar surface area (TPSA) is 44.3 Å². The molecule has 3 aromatic carbocycles. The van der Waals surface area contributed by atoms with E-state index in [1.807, 2.05) is 18.2 Å². The summed E-state index contributed by atoms with van der Waals surface area (Å²) < 4.78 is 1.03. The van der Waals surface area contributed by atoms with Crippen LogP contribution in [0.1, 0.15) is 41.4 Å². The van der Waals surface area contributed by atoms with Gasteiger partial charge in [-0.1, -0.05) is 70.9 Å². The Balaban J connectivity index is 1.75. The monoisotopic (exact) mass is 468 g/mol. The first-order chi connectivity index (χ1) is 14.0. The zero-order chi connectivity index (χ0) is 20.4. The Bertz CT molecular complexity index is 1030. The molecule has 0 radical (unpaired) electrons. The maximum Gasteiger partial charge on any atom is 0.120 e. The highest BCUT2D eigenvalue weighted by Crippen LogP contribution is 2.34. The molecular formula is C24H22BrClN2O. The Morgan fingerprint density at radius 3 is 2.41 bits per heavy atom. The molecule has 4 rings (SSSR count). The van der Waals surface area contributed by atoms with Crippen LogP contribution < -0.4 is 10.6 Å². The van der Waals surface area contributed by atoms with Gasteiger partial charge in [-0.3, -0.25) is 5.32 Å². The quantitative estimate of drug-likeness (QED) is 0.417. The van der Waals surface area contributed by atoms with E-state index in [4.69, 9.17) is 11.6 Å². The molecule has 2 atom stereocenters. The summed E-state index contributed by atoms with van der Waals surface area (Å²) in [5.74, 6) is 0.222. The standard InChI is InChI=1S/C24H22BrClN2O/c1-2-15-3-5-16(6-4-15)21-14-22(20-13-19(26)11-12-23(20)29)28-24(27-21)17-7-9-18(25)10-8-17/h3-14,22,24,27-29H,2H2,1H3. The molecule has 0 amide bonds. The minimum Gasteiger partial charge on any atom is -0.508 e. The molecule has 1 aliphatic heterocycles. The fraction of sp³-hybridized carbons (Fsp3) is 0.167. The second-order valence-electron chi connectivity index (χ2n) is 7.11. The van der Waals surface area contributed by atoms with Crippen molar-refractivity contribution in [2.24, 2.45) is 0 Å². The van der Waals surface area contributed by atoms with Crippen molar-refractivity contribution in [3.05, 3.63) is 105 Å². The van der Waals surface area contributed by atoms with Gasteiger partial charge in [0, 0.05) is 20.8 Å². The molecule has 1 heterocycles. The molecule has 2 unspecified atom stereocenters. The van der Waals surface area contributed by atoms with E-state index in [-0.39, 0.29) is 18.0 Å². The summed E-state index contributed by atoms with van der Waals surface area (Å²) >= 11 is 9.71. The van der Waals surface area contributed by atoms with Crippen molar-refractivity contribution in [3.8, 4) is 5.75 Å². The van der Waals surface area contributed by atoms with Crippen LogP contribution in [0, 0.1) is 0 Å². The number of rotatable bonds is 4. The molecule has 0 aromatic heterocycles. The van der Waals surface area contributed by atoms with Crippen LogP contribution in [0.3, 0.4) is 0 Å². The van der Waals surface area contributed by atoms with Gasteiger partial charge in [-0.05, 0) is 59.5 Å². The van der Waals surface area contributed by atoms with Crippen molar-refractivity contribution in [3.63, 3.8) is 0 Å². The fourth-order valence-electron chi connectivity index (χ4n) is 3.53. The number of phenolic OH excluding ortho intramolecular Hbond substituents is 1. The number of hydrogen-bond donors (Lipinski definition) is 3. The van der Waals surface area contributed by atoms with Gasteiger partial charge >= 0.3 is 0 Å². The summed E-state index contributed by atoms with van der Waals surface area (Å²) in [7, 11) is 0. The third-order valence-electron chi connectivity index (χ3n) is 5.18. The van der Waals surface area contributed by atoms with Crippen molar-refractivity contribution in [2.45, 2.75) is 25.6 Å². The summed E-state index contributed by atoms with van der Waals surface area (Å²) in [5, 5.41) is 18.2. The Hall–Kier alpha value is -2.27. The first-order valence-corrected chi connectivity index (χ1v) is 10.8. The first kappa shape index (κ1) is 20.0. The Morgan fingerprint density at radius 1 is 1.00 bits per heavy atom. The number of hydrogen-bond acceptors (Lipinski definition) is 3. The summed E-state index contributed by atoms with van der Waals surface area (Å²) in [5.41, 5.74) is 5.29. The van der Waals surface area contributed by atoms with E-state index in [0.29, 0.717) is 5.02 Å². The lowest BCUT2D eigenvalue weighted by Gasteiger charge is -2.33. The van der Waals surface area contributed by atoms with Gasteiger partial charge in [-0.25, -0.2) is 0 Å². The SMILES string of the molecule is CCc1ccc(C2=CC(c3cc(Cl)ccc3O)NC(c3ccc(Br)cc3)N2)cc1. The highest BCUT2D eigenvalue weighted by Gasteiger charge is 2.25. The molecule has 0 saturated heterocycles. The van der Waals surface area contributed by atoms with E-state index in [1.165, 1.54) is 5.56 Å². The fourth-order valence-corrected chi connectivity index (χ4v) is 3.97. The van der Waals surface area contributed by atoms with E-state index in [2.05, 4.69) is 76.0 Å². The lowest BCUT2D eigenvalue weighted by Crippen LogP contribution is -2.39. The van der Waals surface area contributed by atoms with Gasteiger partial charge in [-0.2, -0.15) is 0 Å². The Kier molecular flexibility index (Phi) is 5.95. The Morgan fingerprint density at radius 2 is 1.72 bits per heavy atom. The van der Waals surface area contributed by atoms with Crippen molar-refractivity contribution in [2.75, 3.05) is 0 Å². The molecule has 3 nitrogen and oxygen atoms in total. The third kappa shape index (κ3) is 4.50. The zero-order valence-corrected chi connectivity index (χ0v) is 18.3. The number of nitrogens with one attached hydrogen (secondary N) is 2. The third-order valence-corrected chi connectivity index (χ3v) is 5.94. The first-order valence-electron chi connectivity index (χ1n) is 9.61. The summed E-state index contributed by atoms with van der Waals surface area (Å²) in [6, 6.07) is 21.7. The largest absolute Gasteiger partial charge is 0.508 e. The van der Waals surface area contributed by atoms with Crippen LogP contribution in [0.25, 0.3) is 5.70 Å². The predicted molar refractivity (Wildman–Crippen MR) is 123 cm³/mol. The second-order valence-corrected chi connectivity index (χ2v) is 8.46. The summed E-state index contributed by atoms with van der Waals surface area (Å²) in [4.78, 5) is 0. The van der Waals surface area contributed by atoms with Gasteiger partial charge in [-0.15, -0.1) is 0 Å². The van der Waals surface area contributed by atoms with Gasteiger partial charge in [0.05, 0.1) is 6.04 Å². The number of benzene rings is 3. The van der Waals surface area contributed by atoms with Gasteiger partial charge < -0.3 is 10.4 Å². The summed E-state index contributed by atoms with van der Waals surface area (Å²) in [6.07, 6.45) is 2.99. The smallest absolute Gasteiger partial charge is 0.120 e. The van der Waals surface area contributed by atoms with E-state index in [0.717, 1.165) is 33.3 Å². The molecule has 1 aliphatic rings. The molecule has 29 heavy (non-hydrogen) atoms. The number of aryl methyl sites for hydroxylation is 1. The van der Waals surface area contributed by atoms with Gasteiger partial charge in [0.2, 0.25) is 0 Å². The van der Waals surface area contributed by atoms with Crippen LogP contribution in [0.4, 0.5) is 0 Å². The number of phenols is 1. The highest BCUT2D eigenvalue weighted by molar-refractivity contribution is 9.10. The maximum absolute atomic E-state index is 10.5. The van der Waals surface area contributed by atoms with E-state index in [9.17, 15) is 5.11 Å². The van der Waals surface area contributed by atoms with E-state index in [1.54, 1.807) is 12.1 Å². The average molecular weight is 470 g/mol. The molecule has 0 fully saturated rings. The van der Waals surface area contributed by atoms with E-state index < -0.39 is 0 Å². The van der Waals surface area contributed by atoms with Crippen LogP contribution in [0.5, 0.6) is 5.75 Å². The predicted octanol–water partition coefficient (Wildman–Crippen LogP) is 6.34. The lowest BCUT2D eigenvalue weighted by molar-refractivity contribution is 0.419. The van der Waals surface area contributed by atoms with Crippen molar-refractivity contribution >= 4 is 33.2 Å². The zero-order valence-electron chi connectivity index (χ0n) is 16.0. The van der Waals surface area contributed by atoms with Gasteiger partial charge in [0.1, 0.15) is 11.9 Å². The summed E-state index contributed by atoms with van der Waals surface area (Å²) in [6.45, 7) is 2.15. The average Bonchev–Trinajstić information content (AvgIpc) is 2.75. The molecule has 0 bridgehead atoms. The second kappa shape index (κ2) is 8.62. The van der Waals surface area contributed by atoms with Crippen LogP contribution in [0.2, 0.25) is 5.02 Å². The molecule has 5 heteroatoms. The van der Waals surface area contributed by atoms with Crippen molar-refractivity contribution in [1.82, 2.24) is 10.6 Å². The Labute approximate surface area is 184 Å². The van der Waals surface area contributed by atoms with Crippen LogP contribution in [-0.2, 0) is 6.42 Å². The normalized spacial score (nSPS) is 18.8. The molecule has 148 valence electrons. The van der Waals surface area contributed by atoms with Crippen LogP contribution in [-0.4, -0.2) is 5.11 Å². The molecule has 3 aromatic rings. The van der Waals surface area contributed by atoms with Crippen molar-refractivity contribution < 1.29 is 5.11 Å². The van der Waals surface area contributed by atoms with E-state index >= 15 is 0 Å². The van der Waals surface area contributed by atoms with Crippen LogP contribution >= 0.6 is 27.5 Å². The molecule has 0 spiro atoms. The number of halogens is 2. The van der Waals surface area contributed by atoms with Crippen molar-refractivity contribution in [1.29, 1.82) is 0 Å². The molecule has 3 N–H and O–H groups in total. The maximum atomic E-state index is 10.5. The number of aromatic hydroxyl groups is 1. The van der Waals surface area contributed by atoms with Crippen LogP contribution in [0.15, 0.2) is 77.3 Å². The lowest BCUT2D eigenvalue weighted by atomic mass is 9.97. The molecular weight excluding hydrogens is 448 g/mol. The van der Waals surface area contributed by atoms with Gasteiger partial charge in [0.25, 0.3) is 0 Å². The minimum atomic E-state index is -0.190. The minimum absolute atomic E-state index is 0.114. The van der Waals surface area contributed by atoms with Gasteiger partial charge in [0.15, 0.2) is 0 Å².